The van der Waals surface area contributed by atoms with Gasteiger partial charge in [-0.05, 0) is 12.1 Å². The molecule has 1 aromatic heterocycles. The Balaban J connectivity index is 2.20. The van der Waals surface area contributed by atoms with Crippen LogP contribution in [0.5, 0.6) is 0 Å². The van der Waals surface area contributed by atoms with Crippen molar-refractivity contribution in [2.75, 3.05) is 5.75 Å². The van der Waals surface area contributed by atoms with Crippen molar-refractivity contribution < 1.29 is 14.3 Å². The van der Waals surface area contributed by atoms with E-state index in [2.05, 4.69) is 4.99 Å². The Morgan fingerprint density at radius 1 is 1.77 bits per heavy atom. The molecule has 0 radical (unpaired) electrons. The number of aliphatic carboxylic acids is 1. The number of nitrogens with zero attached hydrogens (tertiary/aromatic N) is 1. The number of rotatable bonds is 2. The highest BCUT2D eigenvalue weighted by atomic mass is 32.2. The SMILES string of the molecule is O=C([O-])C1CSC(c2ccco2)=N1. The van der Waals surface area contributed by atoms with Crippen LogP contribution in [0.25, 0.3) is 0 Å². The number of carbonyl (C=O) groups is 1. The lowest BCUT2D eigenvalue weighted by Crippen LogP contribution is -2.34. The van der Waals surface area contributed by atoms with Crippen molar-refractivity contribution in [2.45, 2.75) is 6.04 Å². The summed E-state index contributed by atoms with van der Waals surface area (Å²) in [5.41, 5.74) is 0. The zero-order valence-corrected chi connectivity index (χ0v) is 7.41. The molecule has 0 saturated carbocycles. The van der Waals surface area contributed by atoms with E-state index in [1.54, 1.807) is 12.1 Å². The van der Waals surface area contributed by atoms with E-state index in [4.69, 9.17) is 4.42 Å². The molecule has 0 amide bonds. The van der Waals surface area contributed by atoms with Crippen molar-refractivity contribution in [2.24, 2.45) is 4.99 Å². The van der Waals surface area contributed by atoms with Crippen LogP contribution in [-0.4, -0.2) is 22.8 Å². The molecule has 13 heavy (non-hydrogen) atoms. The molecule has 2 rings (SSSR count). The van der Waals surface area contributed by atoms with Gasteiger partial charge in [-0.3, -0.25) is 4.99 Å². The van der Waals surface area contributed by atoms with Gasteiger partial charge in [-0.15, -0.1) is 11.8 Å². The van der Waals surface area contributed by atoms with Gasteiger partial charge in [0.05, 0.1) is 12.2 Å². The summed E-state index contributed by atoms with van der Waals surface area (Å²) in [4.78, 5) is 14.4. The molecule has 5 heteroatoms. The van der Waals surface area contributed by atoms with Crippen LogP contribution in [-0.2, 0) is 4.79 Å². The van der Waals surface area contributed by atoms with Crippen LogP contribution in [0, 0.1) is 0 Å². The predicted molar refractivity (Wildman–Crippen MR) is 46.5 cm³/mol. The summed E-state index contributed by atoms with van der Waals surface area (Å²) in [6.45, 7) is 0. The molecule has 1 aliphatic rings. The molecule has 1 aromatic rings. The van der Waals surface area contributed by atoms with Crippen LogP contribution in [0.2, 0.25) is 0 Å². The van der Waals surface area contributed by atoms with Crippen molar-refractivity contribution in [1.29, 1.82) is 0 Å². The molecule has 1 aliphatic heterocycles. The van der Waals surface area contributed by atoms with Crippen LogP contribution in [0.1, 0.15) is 5.76 Å². The second-order valence-electron chi connectivity index (χ2n) is 2.56. The second-order valence-corrected chi connectivity index (χ2v) is 3.57. The Hall–Kier alpha value is -1.23. The maximum atomic E-state index is 10.5. The highest BCUT2D eigenvalue weighted by Crippen LogP contribution is 2.23. The van der Waals surface area contributed by atoms with Gasteiger partial charge in [-0.1, -0.05) is 0 Å². The van der Waals surface area contributed by atoms with Gasteiger partial charge < -0.3 is 14.3 Å². The van der Waals surface area contributed by atoms with E-state index >= 15 is 0 Å². The minimum absolute atomic E-state index is 0.429. The van der Waals surface area contributed by atoms with E-state index in [0.717, 1.165) is 0 Å². The first-order valence-electron chi connectivity index (χ1n) is 3.72. The molecule has 0 fully saturated rings. The van der Waals surface area contributed by atoms with E-state index in [0.29, 0.717) is 16.6 Å². The quantitative estimate of drug-likeness (QED) is 0.662. The van der Waals surface area contributed by atoms with E-state index in [1.165, 1.54) is 18.0 Å². The lowest BCUT2D eigenvalue weighted by atomic mass is 10.3. The normalized spacial score (nSPS) is 21.5. The summed E-state index contributed by atoms with van der Waals surface area (Å²) < 4.78 is 5.08. The minimum atomic E-state index is -1.13. The number of carboxylic acid groups (broad SMARTS) is 1. The van der Waals surface area contributed by atoms with Gasteiger partial charge in [-0.2, -0.15) is 0 Å². The summed E-state index contributed by atoms with van der Waals surface area (Å²) >= 11 is 1.37. The van der Waals surface area contributed by atoms with Crippen LogP contribution in [0.3, 0.4) is 0 Å². The van der Waals surface area contributed by atoms with E-state index < -0.39 is 12.0 Å². The molecule has 0 N–H and O–H groups in total. The first kappa shape index (κ1) is 8.37. The van der Waals surface area contributed by atoms with Crippen molar-refractivity contribution in [3.8, 4) is 0 Å². The lowest BCUT2D eigenvalue weighted by Gasteiger charge is -2.03. The van der Waals surface area contributed by atoms with Crippen LogP contribution < -0.4 is 5.11 Å². The third kappa shape index (κ3) is 1.60. The largest absolute Gasteiger partial charge is 0.548 e. The van der Waals surface area contributed by atoms with Gasteiger partial charge >= 0.3 is 0 Å². The van der Waals surface area contributed by atoms with E-state index in [9.17, 15) is 9.90 Å². The van der Waals surface area contributed by atoms with Crippen molar-refractivity contribution in [3.63, 3.8) is 0 Å². The monoisotopic (exact) mass is 196 g/mol. The fraction of sp³-hybridized carbons (Fsp3) is 0.250. The number of furan rings is 1. The Kier molecular flexibility index (Phi) is 2.10. The molecule has 4 nitrogen and oxygen atoms in total. The maximum Gasteiger partial charge on any atom is 0.158 e. The third-order valence-electron chi connectivity index (χ3n) is 1.66. The molecule has 0 aliphatic carbocycles. The van der Waals surface area contributed by atoms with E-state index in [-0.39, 0.29) is 0 Å². The van der Waals surface area contributed by atoms with Gasteiger partial charge in [0.2, 0.25) is 0 Å². The lowest BCUT2D eigenvalue weighted by molar-refractivity contribution is -0.306. The summed E-state index contributed by atoms with van der Waals surface area (Å²) in [6, 6.07) is 2.76. The minimum Gasteiger partial charge on any atom is -0.548 e. The second kappa shape index (κ2) is 3.26. The summed E-state index contributed by atoms with van der Waals surface area (Å²) in [5, 5.41) is 11.1. The highest BCUT2D eigenvalue weighted by molar-refractivity contribution is 8.14. The van der Waals surface area contributed by atoms with Crippen LogP contribution in [0.15, 0.2) is 27.8 Å². The molecule has 1 unspecified atom stereocenters. The van der Waals surface area contributed by atoms with Crippen molar-refractivity contribution in [1.82, 2.24) is 0 Å². The number of carboxylic acids is 1. The molecule has 0 bridgehead atoms. The summed E-state index contributed by atoms with van der Waals surface area (Å²) in [6.07, 6.45) is 1.53. The molecule has 1 atom stereocenters. The highest BCUT2D eigenvalue weighted by Gasteiger charge is 2.21. The van der Waals surface area contributed by atoms with E-state index in [1.807, 2.05) is 0 Å². The average molecular weight is 196 g/mol. The van der Waals surface area contributed by atoms with Crippen molar-refractivity contribution in [3.05, 3.63) is 24.2 Å². The Morgan fingerprint density at radius 2 is 2.62 bits per heavy atom. The first-order valence-corrected chi connectivity index (χ1v) is 4.71. The number of hydrogen-bond acceptors (Lipinski definition) is 5. The zero-order chi connectivity index (χ0) is 9.26. The average Bonchev–Trinajstić information content (AvgIpc) is 2.75. The standard InChI is InChI=1S/C8H7NO3S/c10-8(11)5-4-13-7(9-5)6-2-1-3-12-6/h1-3,5H,4H2,(H,10,11)/p-1. The molecule has 68 valence electrons. The first-order chi connectivity index (χ1) is 6.27. The fourth-order valence-corrected chi connectivity index (χ4v) is 2.02. The topological polar surface area (TPSA) is 65.6 Å². The smallest absolute Gasteiger partial charge is 0.158 e. The van der Waals surface area contributed by atoms with Crippen LogP contribution in [0.4, 0.5) is 0 Å². The van der Waals surface area contributed by atoms with Gasteiger partial charge in [0.25, 0.3) is 0 Å². The van der Waals surface area contributed by atoms with Gasteiger partial charge in [0.1, 0.15) is 11.1 Å². The fourth-order valence-electron chi connectivity index (χ4n) is 1.03. The summed E-state index contributed by atoms with van der Waals surface area (Å²) in [5.74, 6) is -0.0824. The maximum absolute atomic E-state index is 10.5. The van der Waals surface area contributed by atoms with Gasteiger partial charge in [0.15, 0.2) is 5.76 Å². The van der Waals surface area contributed by atoms with Gasteiger partial charge in [0, 0.05) is 5.75 Å². The molecular formula is C8H6NO3S-. The van der Waals surface area contributed by atoms with Crippen molar-refractivity contribution >= 4 is 22.8 Å². The number of carbonyl (C=O) groups excluding carboxylic acids is 1. The number of hydrogen-bond donors (Lipinski definition) is 0. The Bertz CT molecular complexity index is 344. The van der Waals surface area contributed by atoms with Crippen LogP contribution >= 0.6 is 11.8 Å². The molecular weight excluding hydrogens is 190 g/mol. The van der Waals surface area contributed by atoms with Gasteiger partial charge in [-0.25, -0.2) is 0 Å². The Morgan fingerprint density at radius 3 is 3.15 bits per heavy atom. The summed E-state index contributed by atoms with van der Waals surface area (Å²) in [7, 11) is 0. The molecule has 0 aromatic carbocycles. The molecule has 0 spiro atoms. The Labute approximate surface area is 78.7 Å². The molecule has 0 saturated heterocycles. The number of aliphatic imine (C=N–C) groups is 1. The predicted octanol–water partition coefficient (Wildman–Crippen LogP) is -0.109. The zero-order valence-electron chi connectivity index (χ0n) is 6.60. The number of thioether (sulfide) groups is 1. The molecule has 2 heterocycles. The third-order valence-corrected chi connectivity index (χ3v) is 2.72.